The Morgan fingerprint density at radius 3 is 3.05 bits per heavy atom. The van der Waals surface area contributed by atoms with Gasteiger partial charge in [-0.3, -0.25) is 4.40 Å². The number of carbonyl (C=O) groups is 1. The molecule has 3 aromatic rings. The number of fused-ring (bicyclic) bond motifs is 3. The summed E-state index contributed by atoms with van der Waals surface area (Å²) >= 11 is 0. The zero-order chi connectivity index (χ0) is 13.7. The lowest BCUT2D eigenvalue weighted by Gasteiger charge is -2.15. The van der Waals surface area contributed by atoms with Crippen molar-refractivity contribution in [2.45, 2.75) is 25.7 Å². The van der Waals surface area contributed by atoms with Gasteiger partial charge in [-0.25, -0.2) is 9.97 Å². The van der Waals surface area contributed by atoms with E-state index in [0.717, 1.165) is 35.9 Å². The monoisotopic (exact) mass is 268 g/mol. The number of hydrogen-bond donors (Lipinski definition) is 1. The quantitative estimate of drug-likeness (QED) is 0.726. The van der Waals surface area contributed by atoms with E-state index < -0.39 is 0 Å². The molecule has 1 aliphatic rings. The first-order chi connectivity index (χ1) is 9.78. The van der Waals surface area contributed by atoms with E-state index in [1.165, 1.54) is 5.69 Å². The van der Waals surface area contributed by atoms with Gasteiger partial charge in [0.2, 0.25) is 0 Å². The minimum absolute atomic E-state index is 0.184. The van der Waals surface area contributed by atoms with Crippen molar-refractivity contribution in [3.8, 4) is 0 Å². The van der Waals surface area contributed by atoms with E-state index in [9.17, 15) is 4.79 Å². The summed E-state index contributed by atoms with van der Waals surface area (Å²) < 4.78 is 2.17. The average Bonchev–Trinajstić information content (AvgIpc) is 3.13. The van der Waals surface area contributed by atoms with Crippen LogP contribution in [0.4, 0.5) is 0 Å². The van der Waals surface area contributed by atoms with E-state index in [0.29, 0.717) is 11.8 Å². The van der Waals surface area contributed by atoms with Gasteiger partial charge < -0.3 is 9.78 Å². The molecule has 3 aromatic heterocycles. The molecule has 5 heteroatoms. The molecule has 0 unspecified atom stereocenters. The number of H-pyrrole nitrogens is 1. The van der Waals surface area contributed by atoms with Crippen LogP contribution in [0, 0.1) is 11.8 Å². The molecule has 3 heterocycles. The van der Waals surface area contributed by atoms with E-state index >= 15 is 0 Å². The number of rotatable bonds is 2. The predicted octanol–water partition coefficient (Wildman–Crippen LogP) is 2.54. The molecule has 0 spiro atoms. The third kappa shape index (κ3) is 1.52. The molecule has 0 radical (unpaired) electrons. The van der Waals surface area contributed by atoms with Crippen molar-refractivity contribution in [1.82, 2.24) is 19.4 Å². The van der Waals surface area contributed by atoms with Gasteiger partial charge in [0.05, 0.1) is 11.7 Å². The maximum Gasteiger partial charge on any atom is 0.156 e. The second-order valence-electron chi connectivity index (χ2n) is 5.80. The third-order valence-electron chi connectivity index (χ3n) is 4.56. The van der Waals surface area contributed by atoms with E-state index in [4.69, 9.17) is 0 Å². The molecule has 0 saturated heterocycles. The highest BCUT2D eigenvalue weighted by Crippen LogP contribution is 2.42. The number of nitrogens with zero attached hydrogens (tertiary/aromatic N) is 3. The molecule has 5 nitrogen and oxygen atoms in total. The first-order valence-corrected chi connectivity index (χ1v) is 7.02. The fraction of sp³-hybridized carbons (Fsp3) is 0.400. The van der Waals surface area contributed by atoms with Crippen LogP contribution in [0.1, 0.15) is 31.4 Å². The molecule has 0 aliphatic heterocycles. The van der Waals surface area contributed by atoms with Crippen molar-refractivity contribution in [1.29, 1.82) is 0 Å². The summed E-state index contributed by atoms with van der Waals surface area (Å²) in [7, 11) is 0. The van der Waals surface area contributed by atoms with Crippen molar-refractivity contribution in [2.75, 3.05) is 0 Å². The fourth-order valence-corrected chi connectivity index (χ4v) is 3.57. The highest BCUT2D eigenvalue weighted by molar-refractivity contribution is 5.74. The molecular weight excluding hydrogens is 252 g/mol. The Bertz CT molecular complexity index is 787. The summed E-state index contributed by atoms with van der Waals surface area (Å²) in [6.45, 7) is 2.23. The first-order valence-electron chi connectivity index (χ1n) is 7.02. The molecule has 102 valence electrons. The Morgan fingerprint density at radius 1 is 1.35 bits per heavy atom. The second-order valence-corrected chi connectivity index (χ2v) is 5.80. The number of nitrogens with one attached hydrogen (secondary N) is 1. The highest BCUT2D eigenvalue weighted by Gasteiger charge is 2.34. The summed E-state index contributed by atoms with van der Waals surface area (Å²) in [5.74, 6) is 1.08. The molecule has 0 aromatic carbocycles. The van der Waals surface area contributed by atoms with Crippen molar-refractivity contribution in [3.05, 3.63) is 30.4 Å². The summed E-state index contributed by atoms with van der Waals surface area (Å²) in [6.07, 6.45) is 8.63. The standard InChI is InChI=1S/C15H16N4O/c1-9-4-10(8-20)5-11(9)13-6-17-14-7-18-15-12(19(13)14)2-3-16-15/h2-3,6-11,16H,4-5H2,1H3/t9-,10+,11+/m1/s1. The number of aromatic nitrogens is 4. The lowest BCUT2D eigenvalue weighted by Crippen LogP contribution is -2.06. The molecule has 3 atom stereocenters. The van der Waals surface area contributed by atoms with Crippen LogP contribution in [0.15, 0.2) is 24.7 Å². The van der Waals surface area contributed by atoms with Crippen LogP contribution in [0.25, 0.3) is 16.8 Å². The molecule has 1 N–H and O–H groups in total. The number of aromatic amines is 1. The van der Waals surface area contributed by atoms with Crippen LogP contribution in [0.5, 0.6) is 0 Å². The average molecular weight is 268 g/mol. The van der Waals surface area contributed by atoms with Crippen LogP contribution in [0.2, 0.25) is 0 Å². The zero-order valence-corrected chi connectivity index (χ0v) is 11.3. The van der Waals surface area contributed by atoms with E-state index in [2.05, 4.69) is 26.3 Å². The predicted molar refractivity (Wildman–Crippen MR) is 75.5 cm³/mol. The minimum Gasteiger partial charge on any atom is -0.345 e. The Balaban J connectivity index is 1.91. The molecule has 1 aliphatic carbocycles. The Morgan fingerprint density at radius 2 is 2.25 bits per heavy atom. The second kappa shape index (κ2) is 4.16. The molecule has 1 fully saturated rings. The summed E-state index contributed by atoms with van der Waals surface area (Å²) in [4.78, 5) is 23.0. The Hall–Kier alpha value is -2.17. The van der Waals surface area contributed by atoms with Crippen molar-refractivity contribution in [2.24, 2.45) is 11.8 Å². The number of hydrogen-bond acceptors (Lipinski definition) is 3. The summed E-state index contributed by atoms with van der Waals surface area (Å²) in [6, 6.07) is 2.03. The van der Waals surface area contributed by atoms with Gasteiger partial charge in [-0.15, -0.1) is 0 Å². The van der Waals surface area contributed by atoms with Crippen LogP contribution >= 0.6 is 0 Å². The molecule has 4 rings (SSSR count). The third-order valence-corrected chi connectivity index (χ3v) is 4.56. The Labute approximate surface area is 116 Å². The molecule has 0 bridgehead atoms. The normalized spacial score (nSPS) is 26.6. The summed E-state index contributed by atoms with van der Waals surface area (Å²) in [5.41, 5.74) is 3.99. The van der Waals surface area contributed by atoms with Gasteiger partial charge in [0.1, 0.15) is 6.29 Å². The van der Waals surface area contributed by atoms with E-state index in [1.807, 2.05) is 18.5 Å². The van der Waals surface area contributed by atoms with E-state index in [-0.39, 0.29) is 5.92 Å². The van der Waals surface area contributed by atoms with Crippen LogP contribution in [-0.4, -0.2) is 25.6 Å². The van der Waals surface area contributed by atoms with Gasteiger partial charge in [-0.05, 0) is 24.8 Å². The number of imidazole rings is 1. The number of aldehydes is 1. The van der Waals surface area contributed by atoms with Crippen molar-refractivity contribution < 1.29 is 4.79 Å². The van der Waals surface area contributed by atoms with Gasteiger partial charge in [-0.1, -0.05) is 6.92 Å². The zero-order valence-electron chi connectivity index (χ0n) is 11.3. The lowest BCUT2D eigenvalue weighted by molar-refractivity contribution is -0.111. The molecule has 0 amide bonds. The van der Waals surface area contributed by atoms with Gasteiger partial charge in [0, 0.05) is 29.9 Å². The van der Waals surface area contributed by atoms with E-state index in [1.54, 1.807) is 6.20 Å². The SMILES string of the molecule is C[C@@H]1C[C@H](C=O)C[C@@H]1c1cnc2cnc3[nH]ccc3n12. The molecule has 20 heavy (non-hydrogen) atoms. The highest BCUT2D eigenvalue weighted by atomic mass is 16.1. The largest absolute Gasteiger partial charge is 0.345 e. The topological polar surface area (TPSA) is 63.0 Å². The smallest absolute Gasteiger partial charge is 0.156 e. The molecular formula is C15H16N4O. The van der Waals surface area contributed by atoms with Crippen LogP contribution in [-0.2, 0) is 4.79 Å². The van der Waals surface area contributed by atoms with Crippen LogP contribution in [0.3, 0.4) is 0 Å². The fourth-order valence-electron chi connectivity index (χ4n) is 3.57. The minimum atomic E-state index is 0.184. The lowest BCUT2D eigenvalue weighted by atomic mass is 9.95. The van der Waals surface area contributed by atoms with Gasteiger partial charge in [0.25, 0.3) is 0 Å². The molecule has 1 saturated carbocycles. The van der Waals surface area contributed by atoms with Gasteiger partial charge >= 0.3 is 0 Å². The van der Waals surface area contributed by atoms with Crippen molar-refractivity contribution >= 4 is 23.1 Å². The summed E-state index contributed by atoms with van der Waals surface area (Å²) in [5, 5.41) is 0. The van der Waals surface area contributed by atoms with Crippen molar-refractivity contribution in [3.63, 3.8) is 0 Å². The van der Waals surface area contributed by atoms with Gasteiger partial charge in [-0.2, -0.15) is 0 Å². The van der Waals surface area contributed by atoms with Gasteiger partial charge in [0.15, 0.2) is 11.3 Å². The maximum absolute atomic E-state index is 11.1. The van der Waals surface area contributed by atoms with Crippen LogP contribution < -0.4 is 0 Å². The number of carbonyl (C=O) groups excluding carboxylic acids is 1. The maximum atomic E-state index is 11.1. The Kier molecular flexibility index (Phi) is 2.42. The first kappa shape index (κ1) is 11.6.